The van der Waals surface area contributed by atoms with Gasteiger partial charge in [-0.15, -0.1) is 0 Å². The van der Waals surface area contributed by atoms with Crippen LogP contribution in [0.5, 0.6) is 0 Å². The monoisotopic (exact) mass is 410 g/mol. The maximum Gasteiger partial charge on any atom is 0.318 e. The van der Waals surface area contributed by atoms with E-state index < -0.39 is 11.6 Å². The molecule has 154 valence electrons. The Morgan fingerprint density at radius 3 is 2.57 bits per heavy atom. The Hall–Kier alpha value is -3.75. The highest BCUT2D eigenvalue weighted by molar-refractivity contribution is 5.90. The number of nitrogens with one attached hydrogen (secondary N) is 3. The number of hydrogen-bond donors (Lipinski definition) is 3. The zero-order valence-corrected chi connectivity index (χ0v) is 16.5. The fourth-order valence-electron chi connectivity index (χ4n) is 3.21. The molecule has 0 aliphatic heterocycles. The first-order valence-electron chi connectivity index (χ1n) is 9.51. The molecule has 0 spiro atoms. The van der Waals surface area contributed by atoms with Crippen molar-refractivity contribution in [2.75, 3.05) is 24.2 Å². The smallest absolute Gasteiger partial charge is 0.318 e. The van der Waals surface area contributed by atoms with E-state index in [0.717, 1.165) is 24.1 Å². The molecule has 4 rings (SSSR count). The third kappa shape index (κ3) is 3.49. The molecule has 0 unspecified atom stereocenters. The van der Waals surface area contributed by atoms with Crippen LogP contribution in [-0.2, 0) is 0 Å². The quantitative estimate of drug-likeness (QED) is 0.455. The van der Waals surface area contributed by atoms with Crippen LogP contribution < -0.4 is 16.0 Å². The van der Waals surface area contributed by atoms with E-state index in [1.807, 2.05) is 19.1 Å². The summed E-state index contributed by atoms with van der Waals surface area (Å²) in [7, 11) is 1.54. The Labute approximate surface area is 171 Å². The Bertz CT molecular complexity index is 1240. The van der Waals surface area contributed by atoms with Crippen LogP contribution in [0.15, 0.2) is 42.6 Å². The molecule has 0 saturated carbocycles. The molecule has 0 saturated heterocycles. The topological polar surface area (TPSA) is 83.3 Å². The predicted octanol–water partition coefficient (Wildman–Crippen LogP) is 4.40. The number of amides is 2. The number of urea groups is 1. The number of rotatable bonds is 5. The van der Waals surface area contributed by atoms with Gasteiger partial charge in [-0.1, -0.05) is 19.1 Å². The molecule has 7 nitrogen and oxygen atoms in total. The van der Waals surface area contributed by atoms with Crippen LogP contribution in [0.1, 0.15) is 13.3 Å². The van der Waals surface area contributed by atoms with E-state index in [9.17, 15) is 13.6 Å². The second-order valence-corrected chi connectivity index (χ2v) is 6.73. The molecule has 0 atom stereocenters. The SMILES string of the molecule is CCCNc1nc2cc(F)c(F)cc2n2c(-c3ccc(NC(=O)NC)cc3)cnc12. The highest BCUT2D eigenvalue weighted by Crippen LogP contribution is 2.30. The predicted molar refractivity (Wildman–Crippen MR) is 113 cm³/mol. The van der Waals surface area contributed by atoms with Gasteiger partial charge in [0.1, 0.15) is 0 Å². The average molecular weight is 410 g/mol. The Kier molecular flexibility index (Phi) is 5.18. The zero-order chi connectivity index (χ0) is 21.3. The number of imidazole rings is 1. The fourth-order valence-corrected chi connectivity index (χ4v) is 3.21. The van der Waals surface area contributed by atoms with Crippen molar-refractivity contribution in [3.63, 3.8) is 0 Å². The van der Waals surface area contributed by atoms with Crippen molar-refractivity contribution in [3.8, 4) is 11.3 Å². The number of hydrogen-bond acceptors (Lipinski definition) is 4. The van der Waals surface area contributed by atoms with E-state index >= 15 is 0 Å². The van der Waals surface area contributed by atoms with Crippen LogP contribution in [-0.4, -0.2) is 34.0 Å². The van der Waals surface area contributed by atoms with E-state index in [2.05, 4.69) is 25.9 Å². The summed E-state index contributed by atoms with van der Waals surface area (Å²) < 4.78 is 29.6. The van der Waals surface area contributed by atoms with Crippen molar-refractivity contribution in [1.82, 2.24) is 19.7 Å². The minimum atomic E-state index is -0.956. The molecule has 4 aromatic rings. The van der Waals surface area contributed by atoms with Crippen LogP contribution in [0.25, 0.3) is 27.9 Å². The first kappa shape index (κ1) is 19.6. The van der Waals surface area contributed by atoms with Gasteiger partial charge in [0.25, 0.3) is 0 Å². The zero-order valence-electron chi connectivity index (χ0n) is 16.5. The van der Waals surface area contributed by atoms with Crippen LogP contribution in [0, 0.1) is 11.6 Å². The molecule has 0 aliphatic rings. The number of benzene rings is 2. The molecule has 0 radical (unpaired) electrons. The highest BCUT2D eigenvalue weighted by atomic mass is 19.2. The first-order chi connectivity index (χ1) is 14.5. The number of anilines is 2. The summed E-state index contributed by atoms with van der Waals surface area (Å²) in [6, 6.07) is 9.04. The van der Waals surface area contributed by atoms with Crippen molar-refractivity contribution < 1.29 is 13.6 Å². The van der Waals surface area contributed by atoms with Crippen molar-refractivity contribution in [3.05, 3.63) is 54.2 Å². The third-order valence-corrected chi connectivity index (χ3v) is 4.67. The van der Waals surface area contributed by atoms with Gasteiger partial charge in [0.2, 0.25) is 0 Å². The summed E-state index contributed by atoms with van der Waals surface area (Å²) in [4.78, 5) is 20.4. The van der Waals surface area contributed by atoms with Crippen LogP contribution in [0.2, 0.25) is 0 Å². The van der Waals surface area contributed by atoms with Gasteiger partial charge < -0.3 is 16.0 Å². The summed E-state index contributed by atoms with van der Waals surface area (Å²) in [5.41, 5.74) is 3.35. The number of halogens is 2. The summed E-state index contributed by atoms with van der Waals surface area (Å²) in [5.74, 6) is -1.41. The molecule has 0 bridgehead atoms. The van der Waals surface area contributed by atoms with Crippen LogP contribution in [0.3, 0.4) is 0 Å². The molecule has 30 heavy (non-hydrogen) atoms. The van der Waals surface area contributed by atoms with E-state index in [0.29, 0.717) is 40.4 Å². The normalized spacial score (nSPS) is 11.1. The number of carbonyl (C=O) groups is 1. The largest absolute Gasteiger partial charge is 0.367 e. The van der Waals surface area contributed by atoms with Crippen molar-refractivity contribution >= 4 is 34.2 Å². The van der Waals surface area contributed by atoms with Crippen molar-refractivity contribution in [1.29, 1.82) is 0 Å². The molecule has 2 aromatic carbocycles. The second-order valence-electron chi connectivity index (χ2n) is 6.73. The number of carbonyl (C=O) groups excluding carboxylic acids is 1. The van der Waals surface area contributed by atoms with E-state index in [-0.39, 0.29) is 6.03 Å². The molecule has 9 heteroatoms. The van der Waals surface area contributed by atoms with Gasteiger partial charge in [0.05, 0.1) is 22.9 Å². The first-order valence-corrected chi connectivity index (χ1v) is 9.51. The minimum absolute atomic E-state index is 0.317. The molecule has 0 aliphatic carbocycles. The van der Waals surface area contributed by atoms with Crippen LogP contribution >= 0.6 is 0 Å². The van der Waals surface area contributed by atoms with Crippen LogP contribution in [0.4, 0.5) is 25.1 Å². The number of fused-ring (bicyclic) bond motifs is 3. The standard InChI is InChI=1S/C21H20F2N6O/c1-3-8-25-19-20-26-11-18(12-4-6-13(7-5-12)27-21(30)24-2)29(20)17-10-15(23)14(22)9-16(17)28-19/h4-7,9-11H,3,8H2,1-2H3,(H,25,28)(H2,24,27,30). The van der Waals surface area contributed by atoms with Gasteiger partial charge in [-0.05, 0) is 18.6 Å². The maximum atomic E-state index is 14.0. The highest BCUT2D eigenvalue weighted by Gasteiger charge is 2.17. The van der Waals surface area contributed by atoms with E-state index in [1.165, 1.54) is 7.05 Å². The Morgan fingerprint density at radius 1 is 1.13 bits per heavy atom. The average Bonchev–Trinajstić information content (AvgIpc) is 3.19. The van der Waals surface area contributed by atoms with Crippen molar-refractivity contribution in [2.45, 2.75) is 13.3 Å². The number of aromatic nitrogens is 3. The third-order valence-electron chi connectivity index (χ3n) is 4.67. The summed E-state index contributed by atoms with van der Waals surface area (Å²) >= 11 is 0. The molecule has 3 N–H and O–H groups in total. The fraction of sp³-hybridized carbons (Fsp3) is 0.190. The summed E-state index contributed by atoms with van der Waals surface area (Å²) in [6.07, 6.45) is 2.53. The van der Waals surface area contributed by atoms with Gasteiger partial charge >= 0.3 is 6.03 Å². The lowest BCUT2D eigenvalue weighted by atomic mass is 10.1. The lowest BCUT2D eigenvalue weighted by molar-refractivity contribution is 0.254. The lowest BCUT2D eigenvalue weighted by Gasteiger charge is -2.12. The van der Waals surface area contributed by atoms with Gasteiger partial charge in [-0.2, -0.15) is 0 Å². The minimum Gasteiger partial charge on any atom is -0.367 e. The Morgan fingerprint density at radius 2 is 1.87 bits per heavy atom. The summed E-state index contributed by atoms with van der Waals surface area (Å²) in [6.45, 7) is 2.69. The van der Waals surface area contributed by atoms with E-state index in [1.54, 1.807) is 22.7 Å². The molecular weight excluding hydrogens is 390 g/mol. The number of nitrogens with zero attached hydrogens (tertiary/aromatic N) is 3. The molecule has 2 amide bonds. The van der Waals surface area contributed by atoms with Gasteiger partial charge in [-0.25, -0.2) is 23.5 Å². The molecular formula is C21H20F2N6O. The lowest BCUT2D eigenvalue weighted by Crippen LogP contribution is -2.24. The molecule has 0 fully saturated rings. The van der Waals surface area contributed by atoms with Gasteiger partial charge in [0.15, 0.2) is 23.1 Å². The maximum absolute atomic E-state index is 14.0. The van der Waals surface area contributed by atoms with Gasteiger partial charge in [-0.3, -0.25) is 4.40 Å². The van der Waals surface area contributed by atoms with E-state index in [4.69, 9.17) is 0 Å². The molecule has 2 aromatic heterocycles. The summed E-state index contributed by atoms with van der Waals surface area (Å²) in [5, 5.41) is 8.38. The van der Waals surface area contributed by atoms with Crippen molar-refractivity contribution in [2.24, 2.45) is 0 Å². The van der Waals surface area contributed by atoms with Gasteiger partial charge in [0, 0.05) is 37.0 Å². The second kappa shape index (κ2) is 7.94. The molecule has 2 heterocycles. The Balaban J connectivity index is 1.89.